The van der Waals surface area contributed by atoms with E-state index >= 15 is 0 Å². The van der Waals surface area contributed by atoms with Crippen molar-refractivity contribution in [3.63, 3.8) is 0 Å². The summed E-state index contributed by atoms with van der Waals surface area (Å²) in [5.74, 6) is -0.493. The van der Waals surface area contributed by atoms with Gasteiger partial charge in [-0.1, -0.05) is 20.8 Å². The molecule has 0 fully saturated rings. The lowest BCUT2D eigenvalue weighted by Crippen LogP contribution is -2.33. The van der Waals surface area contributed by atoms with E-state index in [-0.39, 0.29) is 23.1 Å². The highest BCUT2D eigenvalue weighted by atomic mass is 16.5. The Morgan fingerprint density at radius 1 is 1.23 bits per heavy atom. The smallest absolute Gasteiger partial charge is 0.341 e. The Morgan fingerprint density at radius 3 is 2.48 bits per heavy atom. The van der Waals surface area contributed by atoms with Crippen LogP contribution in [0.25, 0.3) is 17.0 Å². The van der Waals surface area contributed by atoms with Crippen LogP contribution >= 0.6 is 0 Å². The third kappa shape index (κ3) is 3.53. The van der Waals surface area contributed by atoms with Gasteiger partial charge in [0.1, 0.15) is 11.3 Å². The minimum absolute atomic E-state index is 0.00211. The first-order chi connectivity index (χ1) is 14.5. The summed E-state index contributed by atoms with van der Waals surface area (Å²) in [5.41, 5.74) is 7.30. The van der Waals surface area contributed by atoms with Crippen LogP contribution in [-0.2, 0) is 6.42 Å². The second-order valence-corrected chi connectivity index (χ2v) is 9.47. The Morgan fingerprint density at radius 2 is 1.94 bits per heavy atom. The van der Waals surface area contributed by atoms with Crippen LogP contribution in [0.1, 0.15) is 55.2 Å². The van der Waals surface area contributed by atoms with E-state index in [2.05, 4.69) is 45.3 Å². The van der Waals surface area contributed by atoms with Gasteiger partial charge in [-0.05, 0) is 42.5 Å². The monoisotopic (exact) mass is 423 g/mol. The van der Waals surface area contributed by atoms with Crippen molar-refractivity contribution < 1.29 is 14.6 Å². The van der Waals surface area contributed by atoms with E-state index in [1.54, 1.807) is 7.11 Å². The van der Waals surface area contributed by atoms with Gasteiger partial charge in [0, 0.05) is 42.5 Å². The molecule has 2 atom stereocenters. The number of carboxylic acids is 1. The van der Waals surface area contributed by atoms with E-state index in [9.17, 15) is 14.7 Å². The molecule has 0 saturated carbocycles. The maximum absolute atomic E-state index is 12.6. The van der Waals surface area contributed by atoms with Gasteiger partial charge < -0.3 is 19.4 Å². The van der Waals surface area contributed by atoms with Gasteiger partial charge in [0.25, 0.3) is 0 Å². The molecule has 2 unspecified atom stereocenters. The molecule has 0 spiro atoms. The number of carboxylic acid groups (broad SMARTS) is 1. The molecular weight excluding hydrogens is 394 g/mol. The van der Waals surface area contributed by atoms with E-state index in [4.69, 9.17) is 4.74 Å². The molecule has 0 bridgehead atoms. The molecule has 3 heterocycles. The number of fused-ring (bicyclic) bond motifs is 3. The molecule has 164 valence electrons. The first-order valence-corrected chi connectivity index (χ1v) is 10.4. The van der Waals surface area contributed by atoms with E-state index in [0.717, 1.165) is 34.5 Å². The summed E-state index contributed by atoms with van der Waals surface area (Å²) in [6.45, 7) is 8.49. The highest BCUT2D eigenvalue weighted by Crippen LogP contribution is 2.45. The Labute approximate surface area is 181 Å². The summed E-state index contributed by atoms with van der Waals surface area (Å²) in [5, 5.41) is 11.5. The fraction of sp³-hybridized carbons (Fsp3) is 0.417. The van der Waals surface area contributed by atoms with Crippen LogP contribution in [0.5, 0.6) is 5.75 Å². The second kappa shape index (κ2) is 7.27. The highest BCUT2D eigenvalue weighted by Gasteiger charge is 2.34. The number of hydrogen-bond donors (Lipinski definition) is 2. The largest absolute Gasteiger partial charge is 0.496 e. The number of nitrogens with one attached hydrogen (secondary N) is 1. The van der Waals surface area contributed by atoms with Gasteiger partial charge in [0.2, 0.25) is 0 Å². The number of nitrogens with zero attached hydrogens (tertiary/aromatic N) is 2. The maximum Gasteiger partial charge on any atom is 0.341 e. The van der Waals surface area contributed by atoms with Crippen LogP contribution in [0.3, 0.4) is 0 Å². The third-order valence-electron chi connectivity index (χ3n) is 6.20. The molecule has 1 aromatic heterocycles. The van der Waals surface area contributed by atoms with Crippen molar-refractivity contribution in [1.29, 1.82) is 0 Å². The summed E-state index contributed by atoms with van der Waals surface area (Å²) in [4.78, 5) is 24.2. The van der Waals surface area contributed by atoms with Crippen LogP contribution in [0.2, 0.25) is 0 Å². The molecule has 0 radical (unpaired) electrons. The van der Waals surface area contributed by atoms with E-state index in [1.165, 1.54) is 12.3 Å². The van der Waals surface area contributed by atoms with Gasteiger partial charge in [-0.2, -0.15) is 0 Å². The maximum atomic E-state index is 12.6. The number of pyridine rings is 1. The van der Waals surface area contributed by atoms with Gasteiger partial charge in [-0.25, -0.2) is 10.2 Å². The number of hydrogen-bond acceptors (Lipinski definition) is 5. The van der Waals surface area contributed by atoms with Crippen LogP contribution in [-0.4, -0.2) is 40.9 Å². The Hall–Kier alpha value is -3.06. The topological polar surface area (TPSA) is 83.8 Å². The van der Waals surface area contributed by atoms with Gasteiger partial charge >= 0.3 is 5.97 Å². The lowest BCUT2D eigenvalue weighted by molar-refractivity contribution is 0.0693. The zero-order valence-electron chi connectivity index (χ0n) is 18.8. The second-order valence-electron chi connectivity index (χ2n) is 9.47. The summed E-state index contributed by atoms with van der Waals surface area (Å²) in [7, 11) is 3.62. The van der Waals surface area contributed by atoms with Crippen molar-refractivity contribution in [2.24, 2.45) is 5.41 Å². The normalized spacial score (nSPS) is 20.2. The molecule has 2 aromatic rings. The number of benzene rings is 1. The van der Waals surface area contributed by atoms with Gasteiger partial charge in [-0.3, -0.25) is 4.79 Å². The van der Waals surface area contributed by atoms with E-state index in [1.807, 2.05) is 22.7 Å². The van der Waals surface area contributed by atoms with Crippen molar-refractivity contribution in [3.8, 4) is 17.0 Å². The standard InChI is InChI=1S/C24H29N3O4/c1-13-7-18(26(5)25-13)16-8-14-9-22(24(2,3)4)27-12-17(23(29)30)20(28)11-19(27)15(14)10-21(16)31-6/h7-8,10-13,22,25H,9H2,1-6H3,(H,29,30). The van der Waals surface area contributed by atoms with E-state index in [0.29, 0.717) is 5.75 Å². The predicted molar refractivity (Wildman–Crippen MR) is 120 cm³/mol. The molecule has 2 N–H and O–H groups in total. The van der Waals surface area contributed by atoms with Gasteiger partial charge in [0.15, 0.2) is 5.43 Å². The van der Waals surface area contributed by atoms with Crippen molar-refractivity contribution >= 4 is 11.7 Å². The molecular formula is C24H29N3O4. The Bertz CT molecular complexity index is 1160. The third-order valence-corrected chi connectivity index (χ3v) is 6.20. The molecule has 4 rings (SSSR count). The molecule has 0 aliphatic carbocycles. The summed E-state index contributed by atoms with van der Waals surface area (Å²) in [6, 6.07) is 5.78. The molecule has 1 aromatic carbocycles. The average molecular weight is 424 g/mol. The SMILES string of the molecule is COc1cc2c(cc1C1=CC(C)NN1C)CC(C(C)(C)C)n1cc(C(=O)O)c(=O)cc1-2. The number of methoxy groups -OCH3 is 1. The number of aromatic carboxylic acids is 1. The lowest BCUT2D eigenvalue weighted by atomic mass is 9.78. The number of hydrazine groups is 1. The average Bonchev–Trinajstić information content (AvgIpc) is 3.02. The summed E-state index contributed by atoms with van der Waals surface area (Å²) < 4.78 is 7.69. The van der Waals surface area contributed by atoms with Crippen molar-refractivity contribution in [3.05, 3.63) is 57.4 Å². The zero-order valence-corrected chi connectivity index (χ0v) is 18.8. The Kier molecular flexibility index (Phi) is 4.97. The number of carbonyl (C=O) groups is 1. The van der Waals surface area contributed by atoms with Crippen molar-refractivity contribution in [2.75, 3.05) is 14.2 Å². The fourth-order valence-corrected chi connectivity index (χ4v) is 4.65. The number of rotatable bonds is 3. The highest BCUT2D eigenvalue weighted by molar-refractivity contribution is 5.88. The quantitative estimate of drug-likeness (QED) is 0.786. The van der Waals surface area contributed by atoms with Crippen LogP contribution in [0.4, 0.5) is 0 Å². The van der Waals surface area contributed by atoms with Crippen LogP contribution < -0.4 is 15.6 Å². The zero-order chi connectivity index (χ0) is 22.7. The lowest BCUT2D eigenvalue weighted by Gasteiger charge is -2.39. The predicted octanol–water partition coefficient (Wildman–Crippen LogP) is 3.54. The number of aromatic nitrogens is 1. The first-order valence-electron chi connectivity index (χ1n) is 10.4. The van der Waals surface area contributed by atoms with Crippen LogP contribution in [0, 0.1) is 5.41 Å². The molecule has 2 aliphatic heterocycles. The fourth-order valence-electron chi connectivity index (χ4n) is 4.65. The van der Waals surface area contributed by atoms with E-state index < -0.39 is 11.4 Å². The summed E-state index contributed by atoms with van der Waals surface area (Å²) >= 11 is 0. The Balaban J connectivity index is 1.97. The molecule has 31 heavy (non-hydrogen) atoms. The molecule has 2 aliphatic rings. The molecule has 7 nitrogen and oxygen atoms in total. The van der Waals surface area contributed by atoms with Crippen molar-refractivity contribution in [1.82, 2.24) is 15.0 Å². The molecule has 0 saturated heterocycles. The molecule has 7 heteroatoms. The van der Waals surface area contributed by atoms with Gasteiger partial charge in [0.05, 0.1) is 18.5 Å². The van der Waals surface area contributed by atoms with Crippen molar-refractivity contribution in [2.45, 2.75) is 46.2 Å². The molecule has 0 amide bonds. The van der Waals surface area contributed by atoms with Crippen LogP contribution in [0.15, 0.2) is 35.3 Å². The first kappa shape index (κ1) is 21.2. The van der Waals surface area contributed by atoms with Gasteiger partial charge in [-0.15, -0.1) is 0 Å². The number of ether oxygens (including phenoxy) is 1. The minimum Gasteiger partial charge on any atom is -0.496 e. The summed E-state index contributed by atoms with van der Waals surface area (Å²) in [6.07, 6.45) is 4.38. The minimum atomic E-state index is -1.20.